The lowest BCUT2D eigenvalue weighted by Gasteiger charge is -2.07. The summed E-state index contributed by atoms with van der Waals surface area (Å²) in [7, 11) is 1.71. The lowest BCUT2D eigenvalue weighted by Crippen LogP contribution is -2.16. The van der Waals surface area contributed by atoms with Gasteiger partial charge >= 0.3 is 0 Å². The molecule has 0 radical (unpaired) electrons. The van der Waals surface area contributed by atoms with Gasteiger partial charge in [0.1, 0.15) is 11.8 Å². The molecule has 1 amide bonds. The molecule has 0 saturated heterocycles. The number of benzene rings is 1. The third-order valence-electron chi connectivity index (χ3n) is 2.94. The van der Waals surface area contributed by atoms with E-state index < -0.39 is 0 Å². The smallest absolute Gasteiger partial charge is 0.273 e. The van der Waals surface area contributed by atoms with Gasteiger partial charge in [-0.05, 0) is 30.7 Å². The maximum atomic E-state index is 12.2. The number of rotatable bonds is 3. The summed E-state index contributed by atoms with van der Waals surface area (Å²) in [5.74, 6) is -0.305. The molecule has 102 valence electrons. The number of hydrogen-bond donors (Lipinski definition) is 2. The zero-order valence-corrected chi connectivity index (χ0v) is 11.3. The number of carbonyl (C=O) groups is 1. The molecular weight excluding hydrogens is 254 g/mol. The Balaban J connectivity index is 2.28. The predicted octanol–water partition coefficient (Wildman–Crippen LogP) is 1.69. The Morgan fingerprint density at radius 2 is 2.25 bits per heavy atom. The van der Waals surface area contributed by atoms with Crippen LogP contribution < -0.4 is 11.1 Å². The van der Waals surface area contributed by atoms with Crippen LogP contribution in [0.3, 0.4) is 0 Å². The first-order valence-electron chi connectivity index (χ1n) is 6.19. The largest absolute Gasteiger partial charge is 0.399 e. The Labute approximate surface area is 116 Å². The summed E-state index contributed by atoms with van der Waals surface area (Å²) in [6, 6.07) is 8.52. The molecule has 0 bridgehead atoms. The van der Waals surface area contributed by atoms with Gasteiger partial charge in [-0.15, -0.1) is 0 Å². The summed E-state index contributed by atoms with van der Waals surface area (Å²) in [5, 5.41) is 16.0. The Bertz CT molecular complexity index is 696. The van der Waals surface area contributed by atoms with Crippen molar-refractivity contribution in [3.63, 3.8) is 0 Å². The fourth-order valence-corrected chi connectivity index (χ4v) is 1.86. The maximum absolute atomic E-state index is 12.2. The van der Waals surface area contributed by atoms with Crippen molar-refractivity contribution >= 4 is 17.3 Å². The Hall–Kier alpha value is -2.81. The number of nitriles is 1. The molecule has 6 heteroatoms. The first-order chi connectivity index (χ1) is 9.55. The molecule has 3 N–H and O–H groups in total. The van der Waals surface area contributed by atoms with Gasteiger partial charge in [-0.1, -0.05) is 6.92 Å². The van der Waals surface area contributed by atoms with Crippen molar-refractivity contribution in [3.05, 3.63) is 41.2 Å². The van der Waals surface area contributed by atoms with Crippen LogP contribution in [-0.2, 0) is 13.5 Å². The van der Waals surface area contributed by atoms with Crippen LogP contribution in [0.25, 0.3) is 0 Å². The number of carbonyl (C=O) groups excluding carboxylic acids is 1. The van der Waals surface area contributed by atoms with E-state index >= 15 is 0 Å². The number of amides is 1. The quantitative estimate of drug-likeness (QED) is 0.828. The first-order valence-corrected chi connectivity index (χ1v) is 6.19. The highest BCUT2D eigenvalue weighted by Gasteiger charge is 2.14. The molecule has 6 nitrogen and oxygen atoms in total. The fraction of sp³-hybridized carbons (Fsp3) is 0.214. The van der Waals surface area contributed by atoms with Crippen molar-refractivity contribution in [3.8, 4) is 6.07 Å². The predicted molar refractivity (Wildman–Crippen MR) is 76.1 cm³/mol. The van der Waals surface area contributed by atoms with Gasteiger partial charge in [-0.25, -0.2) is 0 Å². The summed E-state index contributed by atoms with van der Waals surface area (Å²) in [4.78, 5) is 12.2. The molecule has 1 heterocycles. The number of nitrogens with one attached hydrogen (secondary N) is 1. The minimum absolute atomic E-state index is 0.305. The van der Waals surface area contributed by atoms with Gasteiger partial charge in [0.2, 0.25) is 0 Å². The Morgan fingerprint density at radius 1 is 1.50 bits per heavy atom. The van der Waals surface area contributed by atoms with Crippen molar-refractivity contribution < 1.29 is 4.79 Å². The van der Waals surface area contributed by atoms with Gasteiger partial charge in [0.05, 0.1) is 16.9 Å². The van der Waals surface area contributed by atoms with Crippen LogP contribution in [0, 0.1) is 11.3 Å². The second-order valence-electron chi connectivity index (χ2n) is 4.37. The monoisotopic (exact) mass is 269 g/mol. The number of nitrogens with two attached hydrogens (primary N) is 1. The zero-order chi connectivity index (χ0) is 14.7. The van der Waals surface area contributed by atoms with E-state index in [1.165, 1.54) is 10.7 Å². The highest BCUT2D eigenvalue weighted by Crippen LogP contribution is 2.19. The second-order valence-corrected chi connectivity index (χ2v) is 4.37. The van der Waals surface area contributed by atoms with Crippen molar-refractivity contribution in [2.24, 2.45) is 7.05 Å². The lowest BCUT2D eigenvalue weighted by atomic mass is 10.1. The average molecular weight is 269 g/mol. The molecule has 1 aromatic heterocycles. The molecule has 20 heavy (non-hydrogen) atoms. The van der Waals surface area contributed by atoms with E-state index in [2.05, 4.69) is 10.4 Å². The molecule has 0 aliphatic heterocycles. The number of nitrogens with zero attached hydrogens (tertiary/aromatic N) is 3. The van der Waals surface area contributed by atoms with Crippen molar-refractivity contribution in [1.29, 1.82) is 5.26 Å². The van der Waals surface area contributed by atoms with Gasteiger partial charge in [0.15, 0.2) is 0 Å². The third kappa shape index (κ3) is 2.62. The molecular formula is C14H15N5O. The van der Waals surface area contributed by atoms with E-state index in [1.54, 1.807) is 25.2 Å². The Morgan fingerprint density at radius 3 is 2.85 bits per heavy atom. The highest BCUT2D eigenvalue weighted by atomic mass is 16.2. The van der Waals surface area contributed by atoms with Gasteiger partial charge in [0.25, 0.3) is 5.91 Å². The summed E-state index contributed by atoms with van der Waals surface area (Å²) in [6.07, 6.45) is 0.756. The van der Waals surface area contributed by atoms with Gasteiger partial charge < -0.3 is 11.1 Å². The van der Waals surface area contributed by atoms with E-state index in [4.69, 9.17) is 11.0 Å². The molecule has 0 spiro atoms. The summed E-state index contributed by atoms with van der Waals surface area (Å²) < 4.78 is 1.53. The normalized spacial score (nSPS) is 10.1. The minimum Gasteiger partial charge on any atom is -0.399 e. The van der Waals surface area contributed by atoms with Gasteiger partial charge in [-0.3, -0.25) is 9.48 Å². The molecule has 0 unspecified atom stereocenters. The van der Waals surface area contributed by atoms with Crippen LogP contribution in [0.5, 0.6) is 0 Å². The van der Waals surface area contributed by atoms with Crippen LogP contribution in [0.15, 0.2) is 24.3 Å². The topological polar surface area (TPSA) is 96.7 Å². The SMILES string of the molecule is CCc1cc(C(=O)Nc2ccc(N)cc2C#N)n(C)n1. The lowest BCUT2D eigenvalue weighted by molar-refractivity contribution is 0.101. The van der Waals surface area contributed by atoms with E-state index in [9.17, 15) is 4.79 Å². The Kier molecular flexibility index (Phi) is 3.71. The number of aromatic nitrogens is 2. The number of aryl methyl sites for hydroxylation is 2. The molecule has 0 aliphatic rings. The number of hydrogen-bond acceptors (Lipinski definition) is 4. The molecule has 1 aromatic carbocycles. The minimum atomic E-state index is -0.305. The zero-order valence-electron chi connectivity index (χ0n) is 11.3. The molecule has 0 atom stereocenters. The van der Waals surface area contributed by atoms with Crippen LogP contribution in [0.4, 0.5) is 11.4 Å². The second kappa shape index (κ2) is 5.45. The van der Waals surface area contributed by atoms with E-state index in [1.807, 2.05) is 13.0 Å². The number of anilines is 2. The van der Waals surface area contributed by atoms with Crippen LogP contribution in [0.2, 0.25) is 0 Å². The average Bonchev–Trinajstić information content (AvgIpc) is 2.82. The maximum Gasteiger partial charge on any atom is 0.273 e. The summed E-state index contributed by atoms with van der Waals surface area (Å²) in [6.45, 7) is 1.97. The van der Waals surface area contributed by atoms with Crippen molar-refractivity contribution in [2.45, 2.75) is 13.3 Å². The van der Waals surface area contributed by atoms with E-state index in [0.29, 0.717) is 22.6 Å². The molecule has 2 aromatic rings. The third-order valence-corrected chi connectivity index (χ3v) is 2.94. The van der Waals surface area contributed by atoms with Gasteiger partial charge in [0, 0.05) is 12.7 Å². The van der Waals surface area contributed by atoms with E-state index in [0.717, 1.165) is 12.1 Å². The molecule has 0 aliphatic carbocycles. The van der Waals surface area contributed by atoms with E-state index in [-0.39, 0.29) is 5.91 Å². The summed E-state index contributed by atoms with van der Waals surface area (Å²) >= 11 is 0. The van der Waals surface area contributed by atoms with Crippen LogP contribution >= 0.6 is 0 Å². The standard InChI is InChI=1S/C14H15N5O/c1-3-11-7-13(19(2)18-11)14(20)17-12-5-4-10(16)6-9(12)8-15/h4-7H,3,16H2,1-2H3,(H,17,20). The van der Waals surface area contributed by atoms with Crippen molar-refractivity contribution in [2.75, 3.05) is 11.1 Å². The van der Waals surface area contributed by atoms with Crippen molar-refractivity contribution in [1.82, 2.24) is 9.78 Å². The molecule has 0 saturated carbocycles. The highest BCUT2D eigenvalue weighted by molar-refractivity contribution is 6.04. The molecule has 2 rings (SSSR count). The fourth-order valence-electron chi connectivity index (χ4n) is 1.86. The van der Waals surface area contributed by atoms with Gasteiger partial charge in [-0.2, -0.15) is 10.4 Å². The van der Waals surface area contributed by atoms with Crippen LogP contribution in [0.1, 0.15) is 28.7 Å². The molecule has 0 fully saturated rings. The first kappa shape index (κ1) is 13.6. The summed E-state index contributed by atoms with van der Waals surface area (Å²) in [5.41, 5.74) is 8.15. The van der Waals surface area contributed by atoms with Crippen LogP contribution in [-0.4, -0.2) is 15.7 Å². The number of nitrogen functional groups attached to an aromatic ring is 1.